The van der Waals surface area contributed by atoms with Crippen LogP contribution in [0.4, 0.5) is 0 Å². The number of ether oxygens (including phenoxy) is 4. The Morgan fingerprint density at radius 2 is 1.48 bits per heavy atom. The number of halogens is 1. The van der Waals surface area contributed by atoms with Gasteiger partial charge in [0.2, 0.25) is 0 Å². The Morgan fingerprint density at radius 1 is 0.854 bits per heavy atom. The highest BCUT2D eigenvalue weighted by Crippen LogP contribution is 2.34. The first-order valence-electron chi connectivity index (χ1n) is 14.9. The zero-order valence-corrected chi connectivity index (χ0v) is 28.2. The lowest BCUT2D eigenvalue weighted by Crippen LogP contribution is -2.45. The van der Waals surface area contributed by atoms with Crippen LogP contribution in [0.15, 0.2) is 76.4 Å². The molecular formula is C33H30IN5O9. The van der Waals surface area contributed by atoms with Crippen molar-refractivity contribution in [3.63, 3.8) is 0 Å². The number of esters is 3. The molecule has 1 fully saturated rings. The van der Waals surface area contributed by atoms with E-state index in [1.165, 1.54) is 13.1 Å². The molecule has 0 unspecified atom stereocenters. The maximum absolute atomic E-state index is 13.9. The molecule has 0 bridgehead atoms. The van der Waals surface area contributed by atoms with E-state index in [4.69, 9.17) is 18.9 Å². The molecule has 0 spiro atoms. The van der Waals surface area contributed by atoms with Gasteiger partial charge in [-0.05, 0) is 55.8 Å². The molecule has 6 rings (SSSR count). The fraction of sp³-hybridized carbons (Fsp3) is 0.303. The van der Waals surface area contributed by atoms with Crippen LogP contribution in [0.2, 0.25) is 0 Å². The summed E-state index contributed by atoms with van der Waals surface area (Å²) in [4.78, 5) is 62.5. The first-order chi connectivity index (χ1) is 23.0. The van der Waals surface area contributed by atoms with Gasteiger partial charge >= 0.3 is 23.6 Å². The number of nitrogens with zero attached hydrogens (tertiary/aromatic N) is 5. The van der Waals surface area contributed by atoms with Gasteiger partial charge in [-0.15, -0.1) is 5.10 Å². The molecule has 0 saturated carbocycles. The Kier molecular flexibility index (Phi) is 9.41. The van der Waals surface area contributed by atoms with E-state index in [1.54, 1.807) is 4.68 Å². The lowest BCUT2D eigenvalue weighted by molar-refractivity contribution is -0.166. The number of carbonyl (C=O) groups excluding carboxylic acids is 3. The van der Waals surface area contributed by atoms with E-state index in [-0.39, 0.29) is 13.2 Å². The molecule has 0 radical (unpaired) electrons. The Morgan fingerprint density at radius 3 is 2.10 bits per heavy atom. The van der Waals surface area contributed by atoms with Gasteiger partial charge in [-0.1, -0.05) is 53.7 Å². The first kappa shape index (κ1) is 33.0. The minimum atomic E-state index is -1.33. The van der Waals surface area contributed by atoms with Gasteiger partial charge in [-0.2, -0.15) is 0 Å². The van der Waals surface area contributed by atoms with E-state index < -0.39 is 53.7 Å². The number of hydrogen-bond acceptors (Lipinski definition) is 11. The summed E-state index contributed by atoms with van der Waals surface area (Å²) < 4.78 is 26.3. The van der Waals surface area contributed by atoms with Crippen LogP contribution in [0.1, 0.15) is 38.3 Å². The molecule has 1 aliphatic heterocycles. The standard InChI is InChI=1S/C33H30IN5O9/c1-18(40)45-17-27-29(46-19(2)41)30(47-20(3)42)32(48-27)37-13-12-28(43)38(33(37)44)16-26-31(34)39(36-35-26)15-25-23-10-6-4-8-21(23)14-22-9-5-7-11-24(22)25/h4-14,27,29-30,32H,15-17H2,1-3H3/t27-,29-,30-,32-/m1/s1. The SMILES string of the molecule is CC(=O)OC[C@H]1O[C@@H](n2ccc(=O)n(Cc3nnn(Cc4c5ccccc5cc5ccccc45)c3I)c2=O)[C@H](OC(C)=O)[C@@H]1OC(C)=O. The van der Waals surface area contributed by atoms with Crippen molar-refractivity contribution in [1.29, 1.82) is 0 Å². The number of aromatic nitrogens is 5. The van der Waals surface area contributed by atoms with Crippen LogP contribution >= 0.6 is 22.6 Å². The highest BCUT2D eigenvalue weighted by atomic mass is 127. The Labute approximate surface area is 286 Å². The average molecular weight is 768 g/mol. The summed E-state index contributed by atoms with van der Waals surface area (Å²) in [7, 11) is 0. The van der Waals surface area contributed by atoms with Crippen molar-refractivity contribution in [2.45, 2.75) is 58.4 Å². The third-order valence-electron chi connectivity index (χ3n) is 7.95. The fourth-order valence-corrected chi connectivity index (χ4v) is 6.45. The normalized spacial score (nSPS) is 19.0. The molecule has 0 amide bonds. The number of fused-ring (bicyclic) bond motifs is 2. The van der Waals surface area contributed by atoms with Crippen LogP contribution in [0.25, 0.3) is 21.5 Å². The first-order valence-corrected chi connectivity index (χ1v) is 16.0. The number of benzene rings is 3. The summed E-state index contributed by atoms with van der Waals surface area (Å²) in [6.07, 6.45) is -3.71. The second-order valence-corrected chi connectivity index (χ2v) is 12.2. The highest BCUT2D eigenvalue weighted by molar-refractivity contribution is 14.1. The zero-order valence-electron chi connectivity index (χ0n) is 26.1. The Bertz CT molecular complexity index is 2120. The van der Waals surface area contributed by atoms with Gasteiger partial charge < -0.3 is 18.9 Å². The van der Waals surface area contributed by atoms with Gasteiger partial charge in [-0.25, -0.2) is 9.48 Å². The van der Waals surface area contributed by atoms with E-state index in [1.807, 2.05) is 24.3 Å². The van der Waals surface area contributed by atoms with Crippen LogP contribution in [0.5, 0.6) is 0 Å². The summed E-state index contributed by atoms with van der Waals surface area (Å²) in [5.41, 5.74) is 0.0192. The third-order valence-corrected chi connectivity index (χ3v) is 9.13. The lowest BCUT2D eigenvalue weighted by Gasteiger charge is -2.24. The minimum absolute atomic E-state index is 0.220. The van der Waals surface area contributed by atoms with E-state index in [0.717, 1.165) is 56.2 Å². The molecule has 1 aliphatic rings. The van der Waals surface area contributed by atoms with Crippen molar-refractivity contribution >= 4 is 62.0 Å². The summed E-state index contributed by atoms with van der Waals surface area (Å²) in [6, 6.07) is 19.5. The maximum atomic E-state index is 13.9. The molecule has 0 N–H and O–H groups in total. The van der Waals surface area contributed by atoms with Crippen molar-refractivity contribution < 1.29 is 33.3 Å². The largest absolute Gasteiger partial charge is 0.463 e. The molecule has 3 heterocycles. The molecule has 248 valence electrons. The molecule has 14 nitrogen and oxygen atoms in total. The van der Waals surface area contributed by atoms with Gasteiger partial charge in [0.25, 0.3) is 5.56 Å². The van der Waals surface area contributed by atoms with Crippen LogP contribution < -0.4 is 11.2 Å². The van der Waals surface area contributed by atoms with Crippen molar-refractivity contribution in [1.82, 2.24) is 24.1 Å². The van der Waals surface area contributed by atoms with Gasteiger partial charge in [0.15, 0.2) is 18.4 Å². The summed E-state index contributed by atoms with van der Waals surface area (Å²) in [6.45, 7) is 3.33. The van der Waals surface area contributed by atoms with Crippen LogP contribution in [0.3, 0.4) is 0 Å². The quantitative estimate of drug-likeness (QED) is 0.0939. The molecular weight excluding hydrogens is 737 g/mol. The monoisotopic (exact) mass is 767 g/mol. The smallest absolute Gasteiger partial charge is 0.333 e. The molecule has 2 aromatic heterocycles. The van der Waals surface area contributed by atoms with Crippen molar-refractivity contribution in [3.05, 3.63) is 103 Å². The van der Waals surface area contributed by atoms with Crippen LogP contribution in [-0.2, 0) is 46.4 Å². The molecule has 5 aromatic rings. The predicted octanol–water partition coefficient (Wildman–Crippen LogP) is 2.93. The molecule has 4 atom stereocenters. The van der Waals surface area contributed by atoms with E-state index in [0.29, 0.717) is 15.9 Å². The van der Waals surface area contributed by atoms with Gasteiger partial charge in [0, 0.05) is 33.0 Å². The van der Waals surface area contributed by atoms with Gasteiger partial charge in [0.1, 0.15) is 22.1 Å². The predicted molar refractivity (Wildman–Crippen MR) is 179 cm³/mol. The molecule has 1 saturated heterocycles. The van der Waals surface area contributed by atoms with E-state index >= 15 is 0 Å². The van der Waals surface area contributed by atoms with E-state index in [9.17, 15) is 24.0 Å². The van der Waals surface area contributed by atoms with Gasteiger partial charge in [0.05, 0.1) is 13.1 Å². The van der Waals surface area contributed by atoms with Crippen molar-refractivity contribution in [3.8, 4) is 0 Å². The molecule has 3 aromatic carbocycles. The molecule has 0 aliphatic carbocycles. The minimum Gasteiger partial charge on any atom is -0.463 e. The average Bonchev–Trinajstić information content (AvgIpc) is 3.55. The zero-order chi connectivity index (χ0) is 34.1. The lowest BCUT2D eigenvalue weighted by atomic mass is 9.97. The van der Waals surface area contributed by atoms with Crippen molar-refractivity contribution in [2.75, 3.05) is 6.61 Å². The molecule has 15 heteroatoms. The number of carbonyl (C=O) groups is 3. The summed E-state index contributed by atoms with van der Waals surface area (Å²) in [5, 5.41) is 13.0. The van der Waals surface area contributed by atoms with E-state index in [2.05, 4.69) is 63.2 Å². The summed E-state index contributed by atoms with van der Waals surface area (Å²) in [5.74, 6) is -2.05. The second kappa shape index (κ2) is 13.7. The van der Waals surface area contributed by atoms with Crippen LogP contribution in [-0.4, -0.2) is 67.0 Å². The topological polar surface area (TPSA) is 163 Å². The Hall–Kier alpha value is -4.90. The number of rotatable bonds is 9. The van der Waals surface area contributed by atoms with Crippen molar-refractivity contribution in [2.24, 2.45) is 0 Å². The highest BCUT2D eigenvalue weighted by Gasteiger charge is 2.51. The fourth-order valence-electron chi connectivity index (χ4n) is 5.90. The summed E-state index contributed by atoms with van der Waals surface area (Å²) >= 11 is 2.10. The molecule has 48 heavy (non-hydrogen) atoms. The van der Waals surface area contributed by atoms with Gasteiger partial charge in [-0.3, -0.25) is 28.3 Å². The van der Waals surface area contributed by atoms with Crippen LogP contribution in [0, 0.1) is 3.70 Å². The third kappa shape index (κ3) is 6.60. The number of hydrogen-bond donors (Lipinski definition) is 0. The maximum Gasteiger partial charge on any atom is 0.333 e. The second-order valence-electron chi connectivity index (χ2n) is 11.2. The Balaban J connectivity index is 1.34.